The van der Waals surface area contributed by atoms with E-state index in [4.69, 9.17) is 4.74 Å². The number of benzene rings is 1. The SMILES string of the molecule is COC(=O)C=CC1COCC(c2cc(F)c(F)c(F)c2)N1. The van der Waals surface area contributed by atoms with Crippen molar-refractivity contribution in [2.24, 2.45) is 0 Å². The zero-order valence-corrected chi connectivity index (χ0v) is 11.2. The third-order valence-corrected chi connectivity index (χ3v) is 3.07. The van der Waals surface area contributed by atoms with Crippen molar-refractivity contribution in [1.82, 2.24) is 5.32 Å². The molecule has 2 unspecified atom stereocenters. The molecule has 1 aliphatic heterocycles. The molecule has 21 heavy (non-hydrogen) atoms. The maximum absolute atomic E-state index is 13.2. The van der Waals surface area contributed by atoms with E-state index in [0.717, 1.165) is 12.1 Å². The number of morpholine rings is 1. The van der Waals surface area contributed by atoms with Crippen LogP contribution in [0.5, 0.6) is 0 Å². The number of hydrogen-bond acceptors (Lipinski definition) is 4. The third kappa shape index (κ3) is 3.83. The zero-order chi connectivity index (χ0) is 15.4. The molecule has 1 heterocycles. The number of halogens is 3. The Labute approximate surface area is 119 Å². The van der Waals surface area contributed by atoms with Crippen LogP contribution in [0.15, 0.2) is 24.3 Å². The summed E-state index contributed by atoms with van der Waals surface area (Å²) in [5, 5.41) is 3.05. The molecule has 1 aliphatic rings. The zero-order valence-electron chi connectivity index (χ0n) is 11.2. The van der Waals surface area contributed by atoms with E-state index in [1.165, 1.54) is 19.3 Å². The predicted molar refractivity (Wildman–Crippen MR) is 68.0 cm³/mol. The Balaban J connectivity index is 2.11. The summed E-state index contributed by atoms with van der Waals surface area (Å²) in [6.45, 7) is 0.489. The molecule has 0 radical (unpaired) electrons. The molecule has 114 valence electrons. The van der Waals surface area contributed by atoms with Crippen LogP contribution in [-0.4, -0.2) is 32.3 Å². The second-order valence-corrected chi connectivity index (χ2v) is 4.54. The van der Waals surface area contributed by atoms with Gasteiger partial charge >= 0.3 is 5.97 Å². The van der Waals surface area contributed by atoms with Crippen LogP contribution >= 0.6 is 0 Å². The largest absolute Gasteiger partial charge is 0.466 e. The molecule has 0 aromatic heterocycles. The number of rotatable bonds is 3. The maximum atomic E-state index is 13.2. The molecule has 7 heteroatoms. The third-order valence-electron chi connectivity index (χ3n) is 3.07. The highest BCUT2D eigenvalue weighted by molar-refractivity contribution is 5.81. The molecule has 4 nitrogen and oxygen atoms in total. The van der Waals surface area contributed by atoms with Crippen LogP contribution in [0.25, 0.3) is 0 Å². The van der Waals surface area contributed by atoms with Crippen molar-refractivity contribution < 1.29 is 27.4 Å². The molecule has 1 aromatic carbocycles. The molecular formula is C14H14F3NO3. The van der Waals surface area contributed by atoms with E-state index in [2.05, 4.69) is 10.1 Å². The van der Waals surface area contributed by atoms with Crippen LogP contribution in [0.1, 0.15) is 11.6 Å². The van der Waals surface area contributed by atoms with Gasteiger partial charge in [0.25, 0.3) is 0 Å². The lowest BCUT2D eigenvalue weighted by atomic mass is 10.0. The Bertz CT molecular complexity index is 539. The van der Waals surface area contributed by atoms with E-state index < -0.39 is 29.5 Å². The molecule has 1 aromatic rings. The van der Waals surface area contributed by atoms with Gasteiger partial charge in [-0.05, 0) is 17.7 Å². The first-order valence-electron chi connectivity index (χ1n) is 6.25. The summed E-state index contributed by atoms with van der Waals surface area (Å²) in [6.07, 6.45) is 2.77. The van der Waals surface area contributed by atoms with Crippen molar-refractivity contribution in [2.75, 3.05) is 20.3 Å². The monoisotopic (exact) mass is 301 g/mol. The summed E-state index contributed by atoms with van der Waals surface area (Å²) >= 11 is 0. The molecule has 0 saturated carbocycles. The average Bonchev–Trinajstić information content (AvgIpc) is 2.50. The number of ether oxygens (including phenoxy) is 2. The fourth-order valence-corrected chi connectivity index (χ4v) is 2.01. The minimum atomic E-state index is -1.50. The lowest BCUT2D eigenvalue weighted by molar-refractivity contribution is -0.134. The Kier molecular flexibility index (Phi) is 4.98. The van der Waals surface area contributed by atoms with Crippen molar-refractivity contribution in [3.63, 3.8) is 0 Å². The average molecular weight is 301 g/mol. The molecule has 2 rings (SSSR count). The first kappa shape index (κ1) is 15.5. The van der Waals surface area contributed by atoms with Gasteiger partial charge < -0.3 is 9.47 Å². The number of methoxy groups -OCH3 is 1. The van der Waals surface area contributed by atoms with Gasteiger partial charge in [-0.3, -0.25) is 5.32 Å². The highest BCUT2D eigenvalue weighted by Crippen LogP contribution is 2.22. The molecule has 1 saturated heterocycles. The summed E-state index contributed by atoms with van der Waals surface area (Å²) in [5.41, 5.74) is 0.238. The number of hydrogen-bond donors (Lipinski definition) is 1. The van der Waals surface area contributed by atoms with Gasteiger partial charge in [0.05, 0.1) is 26.4 Å². The van der Waals surface area contributed by atoms with Crippen LogP contribution in [0.4, 0.5) is 13.2 Å². The summed E-state index contributed by atoms with van der Waals surface area (Å²) in [5.74, 6) is -4.52. The van der Waals surface area contributed by atoms with Gasteiger partial charge in [-0.25, -0.2) is 18.0 Å². The van der Waals surface area contributed by atoms with Gasteiger partial charge in [0.15, 0.2) is 17.5 Å². The number of carbonyl (C=O) groups excluding carboxylic acids is 1. The fraction of sp³-hybridized carbons (Fsp3) is 0.357. The Hall–Kier alpha value is -1.86. The van der Waals surface area contributed by atoms with Gasteiger partial charge in [0.2, 0.25) is 0 Å². The van der Waals surface area contributed by atoms with Crippen molar-refractivity contribution >= 4 is 5.97 Å². The molecule has 1 fully saturated rings. The highest BCUT2D eigenvalue weighted by atomic mass is 19.2. The van der Waals surface area contributed by atoms with Crippen molar-refractivity contribution in [3.8, 4) is 0 Å². The van der Waals surface area contributed by atoms with Crippen LogP contribution in [-0.2, 0) is 14.3 Å². The minimum Gasteiger partial charge on any atom is -0.466 e. The van der Waals surface area contributed by atoms with Crippen molar-refractivity contribution in [1.29, 1.82) is 0 Å². The number of nitrogens with one attached hydrogen (secondary N) is 1. The fourth-order valence-electron chi connectivity index (χ4n) is 2.01. The Morgan fingerprint density at radius 2 is 2.00 bits per heavy atom. The van der Waals surface area contributed by atoms with Gasteiger partial charge in [-0.1, -0.05) is 6.08 Å². The van der Waals surface area contributed by atoms with E-state index in [-0.39, 0.29) is 18.2 Å². The van der Waals surface area contributed by atoms with Gasteiger partial charge in [-0.15, -0.1) is 0 Å². The molecule has 0 aliphatic carbocycles. The highest BCUT2D eigenvalue weighted by Gasteiger charge is 2.23. The smallest absolute Gasteiger partial charge is 0.330 e. The Morgan fingerprint density at radius 1 is 1.33 bits per heavy atom. The van der Waals surface area contributed by atoms with Crippen LogP contribution in [0, 0.1) is 17.5 Å². The number of esters is 1. The normalized spacial score (nSPS) is 22.5. The first-order valence-corrected chi connectivity index (χ1v) is 6.25. The van der Waals surface area contributed by atoms with E-state index in [1.807, 2.05) is 0 Å². The standard InChI is InChI=1S/C14H14F3NO3/c1-20-13(19)3-2-9-6-21-7-12(18-9)8-4-10(15)14(17)11(16)5-8/h2-5,9,12,18H,6-7H2,1H3. The lowest BCUT2D eigenvalue weighted by Gasteiger charge is -2.29. The van der Waals surface area contributed by atoms with E-state index in [1.54, 1.807) is 0 Å². The van der Waals surface area contributed by atoms with Crippen molar-refractivity contribution in [3.05, 3.63) is 47.3 Å². The summed E-state index contributed by atoms with van der Waals surface area (Å²) in [4.78, 5) is 11.0. The second kappa shape index (κ2) is 6.73. The molecule has 0 spiro atoms. The topological polar surface area (TPSA) is 47.6 Å². The van der Waals surface area contributed by atoms with Gasteiger partial charge in [0, 0.05) is 12.1 Å². The van der Waals surface area contributed by atoms with Gasteiger partial charge in [0.1, 0.15) is 0 Å². The van der Waals surface area contributed by atoms with Gasteiger partial charge in [-0.2, -0.15) is 0 Å². The van der Waals surface area contributed by atoms with E-state index >= 15 is 0 Å². The molecule has 0 bridgehead atoms. The van der Waals surface area contributed by atoms with E-state index in [0.29, 0.717) is 6.61 Å². The minimum absolute atomic E-state index is 0.188. The summed E-state index contributed by atoms with van der Waals surface area (Å²) < 4.78 is 49.2. The molecular weight excluding hydrogens is 287 g/mol. The molecule has 0 amide bonds. The summed E-state index contributed by atoms with van der Waals surface area (Å²) in [6, 6.07) is 1.02. The molecule has 2 atom stereocenters. The summed E-state index contributed by atoms with van der Waals surface area (Å²) in [7, 11) is 1.25. The predicted octanol–water partition coefficient (Wildman–Crippen LogP) is 1.86. The van der Waals surface area contributed by atoms with Crippen LogP contribution < -0.4 is 5.32 Å². The van der Waals surface area contributed by atoms with Crippen LogP contribution in [0.2, 0.25) is 0 Å². The lowest BCUT2D eigenvalue weighted by Crippen LogP contribution is -2.42. The van der Waals surface area contributed by atoms with E-state index in [9.17, 15) is 18.0 Å². The molecule has 1 N–H and O–H groups in total. The Morgan fingerprint density at radius 3 is 2.62 bits per heavy atom. The number of carbonyl (C=O) groups is 1. The van der Waals surface area contributed by atoms with Crippen LogP contribution in [0.3, 0.4) is 0 Å². The quantitative estimate of drug-likeness (QED) is 0.526. The second-order valence-electron chi connectivity index (χ2n) is 4.54. The first-order chi connectivity index (χ1) is 10.0. The van der Waals surface area contributed by atoms with Crippen molar-refractivity contribution in [2.45, 2.75) is 12.1 Å². The maximum Gasteiger partial charge on any atom is 0.330 e.